The Bertz CT molecular complexity index is 452. The van der Waals surface area contributed by atoms with Crippen LogP contribution in [-0.4, -0.2) is 26.4 Å². The number of alkyl halides is 3. The fraction of sp³-hybridized carbons (Fsp3) is 0.538. The Morgan fingerprint density at radius 1 is 1.25 bits per heavy atom. The van der Waals surface area contributed by atoms with Crippen LogP contribution in [0.4, 0.5) is 13.2 Å². The minimum atomic E-state index is -4.19. The third kappa shape index (κ3) is 4.76. The predicted molar refractivity (Wildman–Crippen MR) is 71.5 cm³/mol. The molecule has 0 bridgehead atoms. The summed E-state index contributed by atoms with van der Waals surface area (Å²) in [5.74, 6) is 0.849. The van der Waals surface area contributed by atoms with Crippen LogP contribution in [0.15, 0.2) is 12.1 Å². The summed E-state index contributed by atoms with van der Waals surface area (Å²) in [4.78, 5) is 0. The molecular weight excluding hydrogens is 295 g/mol. The first kappa shape index (κ1) is 16.9. The first-order valence-corrected chi connectivity index (χ1v) is 6.35. The lowest BCUT2D eigenvalue weighted by Gasteiger charge is -2.17. The van der Waals surface area contributed by atoms with Gasteiger partial charge < -0.3 is 14.8 Å². The Morgan fingerprint density at radius 2 is 1.90 bits per heavy atom. The molecule has 1 unspecified atom stereocenters. The van der Waals surface area contributed by atoms with Crippen LogP contribution in [-0.2, 0) is 6.54 Å². The molecular formula is C13H17ClF3NO2. The zero-order valence-corrected chi connectivity index (χ0v) is 12.2. The van der Waals surface area contributed by atoms with Crippen molar-refractivity contribution in [1.82, 2.24) is 5.32 Å². The Hall–Kier alpha value is -1.14. The molecule has 0 saturated carbocycles. The summed E-state index contributed by atoms with van der Waals surface area (Å²) in [6, 6.07) is 2.66. The van der Waals surface area contributed by atoms with Gasteiger partial charge in [-0.15, -0.1) is 0 Å². The third-order valence-corrected chi connectivity index (χ3v) is 3.16. The van der Waals surface area contributed by atoms with Crippen LogP contribution in [0.1, 0.15) is 18.9 Å². The summed E-state index contributed by atoms with van der Waals surface area (Å²) >= 11 is 6.14. The molecule has 0 aliphatic heterocycles. The first-order valence-electron chi connectivity index (χ1n) is 5.98. The molecule has 0 heterocycles. The van der Waals surface area contributed by atoms with Crippen LogP contribution in [0.5, 0.6) is 11.5 Å². The van der Waals surface area contributed by atoms with Crippen molar-refractivity contribution in [2.75, 3.05) is 14.2 Å². The van der Waals surface area contributed by atoms with Crippen molar-refractivity contribution in [1.29, 1.82) is 0 Å². The van der Waals surface area contributed by atoms with Crippen molar-refractivity contribution in [3.8, 4) is 11.5 Å². The monoisotopic (exact) mass is 311 g/mol. The maximum Gasteiger partial charge on any atom is 0.390 e. The van der Waals surface area contributed by atoms with Crippen molar-refractivity contribution >= 4 is 11.6 Å². The predicted octanol–water partition coefficient (Wildman–Crippen LogP) is 3.79. The van der Waals surface area contributed by atoms with Crippen LogP contribution in [0.3, 0.4) is 0 Å². The minimum Gasteiger partial charge on any atom is -0.493 e. The van der Waals surface area contributed by atoms with E-state index >= 15 is 0 Å². The Morgan fingerprint density at radius 3 is 2.40 bits per heavy atom. The van der Waals surface area contributed by atoms with E-state index in [2.05, 4.69) is 5.32 Å². The molecule has 0 amide bonds. The van der Waals surface area contributed by atoms with E-state index in [1.807, 2.05) is 0 Å². The molecule has 1 rings (SSSR count). The van der Waals surface area contributed by atoms with Gasteiger partial charge in [0.2, 0.25) is 0 Å². The maximum absolute atomic E-state index is 12.2. The minimum absolute atomic E-state index is 0.219. The zero-order valence-electron chi connectivity index (χ0n) is 11.5. The van der Waals surface area contributed by atoms with Crippen LogP contribution in [0.2, 0.25) is 5.02 Å². The van der Waals surface area contributed by atoms with Gasteiger partial charge in [-0.2, -0.15) is 13.2 Å². The highest BCUT2D eigenvalue weighted by Gasteiger charge is 2.29. The van der Waals surface area contributed by atoms with E-state index in [1.54, 1.807) is 12.1 Å². The van der Waals surface area contributed by atoms with Crippen LogP contribution in [0, 0.1) is 0 Å². The third-order valence-electron chi connectivity index (χ3n) is 2.74. The van der Waals surface area contributed by atoms with Crippen molar-refractivity contribution in [3.63, 3.8) is 0 Å². The van der Waals surface area contributed by atoms with Gasteiger partial charge in [-0.1, -0.05) is 17.7 Å². The molecule has 114 valence electrons. The summed E-state index contributed by atoms with van der Waals surface area (Å²) < 4.78 is 46.9. The van der Waals surface area contributed by atoms with E-state index in [9.17, 15) is 13.2 Å². The largest absolute Gasteiger partial charge is 0.493 e. The standard InChI is InChI=1S/C13H17ClF3NO2/c1-8(6-13(15,16)17)18-7-9-4-5-10(19-2)12(20-3)11(9)14/h4-5,8,18H,6-7H2,1-3H3. The second-order valence-electron chi connectivity index (χ2n) is 4.38. The number of ether oxygens (including phenoxy) is 2. The fourth-order valence-corrected chi connectivity index (χ4v) is 2.07. The van der Waals surface area contributed by atoms with Gasteiger partial charge in [0, 0.05) is 12.6 Å². The average molecular weight is 312 g/mol. The SMILES string of the molecule is COc1ccc(CNC(C)CC(F)(F)F)c(Cl)c1OC. The zero-order chi connectivity index (χ0) is 15.3. The van der Waals surface area contributed by atoms with Crippen LogP contribution < -0.4 is 14.8 Å². The molecule has 3 nitrogen and oxygen atoms in total. The number of methoxy groups -OCH3 is 2. The molecule has 0 spiro atoms. The van der Waals surface area contributed by atoms with Crippen LogP contribution in [0.25, 0.3) is 0 Å². The molecule has 1 N–H and O–H groups in total. The fourth-order valence-electron chi connectivity index (χ4n) is 1.77. The summed E-state index contributed by atoms with van der Waals surface area (Å²) in [5, 5.41) is 3.12. The highest BCUT2D eigenvalue weighted by molar-refractivity contribution is 6.33. The van der Waals surface area contributed by atoms with Gasteiger partial charge in [0.05, 0.1) is 25.7 Å². The number of benzene rings is 1. The molecule has 20 heavy (non-hydrogen) atoms. The molecule has 1 atom stereocenters. The summed E-state index contributed by atoms with van der Waals surface area (Å²) in [6.07, 6.45) is -5.08. The van der Waals surface area contributed by atoms with E-state index in [4.69, 9.17) is 21.1 Å². The molecule has 7 heteroatoms. The van der Waals surface area contributed by atoms with Gasteiger partial charge in [0.15, 0.2) is 11.5 Å². The van der Waals surface area contributed by atoms with E-state index in [0.29, 0.717) is 22.1 Å². The lowest BCUT2D eigenvalue weighted by molar-refractivity contribution is -0.139. The molecule has 0 fully saturated rings. The van der Waals surface area contributed by atoms with Gasteiger partial charge in [0.1, 0.15) is 0 Å². The number of nitrogens with one attached hydrogen (secondary N) is 1. The van der Waals surface area contributed by atoms with E-state index in [0.717, 1.165) is 0 Å². The second-order valence-corrected chi connectivity index (χ2v) is 4.75. The average Bonchev–Trinajstić information content (AvgIpc) is 2.34. The van der Waals surface area contributed by atoms with Crippen LogP contribution >= 0.6 is 11.6 Å². The molecule has 1 aromatic rings. The maximum atomic E-state index is 12.2. The summed E-state index contributed by atoms with van der Waals surface area (Å²) in [5.41, 5.74) is 0.651. The van der Waals surface area contributed by atoms with E-state index in [1.165, 1.54) is 21.1 Å². The Balaban J connectivity index is 2.74. The first-order chi connectivity index (χ1) is 9.28. The lowest BCUT2D eigenvalue weighted by atomic mass is 10.1. The van der Waals surface area contributed by atoms with Crippen molar-refractivity contribution in [2.45, 2.75) is 32.1 Å². The lowest BCUT2D eigenvalue weighted by Crippen LogP contribution is -2.30. The number of halogens is 4. The second kappa shape index (κ2) is 7.04. The Labute approximate surface area is 121 Å². The smallest absolute Gasteiger partial charge is 0.390 e. The van der Waals surface area contributed by atoms with Crippen molar-refractivity contribution in [2.24, 2.45) is 0 Å². The highest BCUT2D eigenvalue weighted by atomic mass is 35.5. The highest BCUT2D eigenvalue weighted by Crippen LogP contribution is 2.37. The number of hydrogen-bond donors (Lipinski definition) is 1. The van der Waals surface area contributed by atoms with Crippen molar-refractivity contribution < 1.29 is 22.6 Å². The number of hydrogen-bond acceptors (Lipinski definition) is 3. The molecule has 1 aromatic carbocycles. The van der Waals surface area contributed by atoms with E-state index < -0.39 is 18.6 Å². The van der Waals surface area contributed by atoms with Gasteiger partial charge in [-0.3, -0.25) is 0 Å². The normalized spacial score (nSPS) is 13.2. The Kier molecular flexibility index (Phi) is 5.95. The molecule has 0 radical (unpaired) electrons. The molecule has 0 aliphatic rings. The quantitative estimate of drug-likeness (QED) is 0.867. The number of rotatable bonds is 6. The van der Waals surface area contributed by atoms with E-state index in [-0.39, 0.29) is 6.54 Å². The van der Waals surface area contributed by atoms with Gasteiger partial charge in [-0.25, -0.2) is 0 Å². The van der Waals surface area contributed by atoms with Gasteiger partial charge >= 0.3 is 6.18 Å². The topological polar surface area (TPSA) is 30.5 Å². The van der Waals surface area contributed by atoms with Gasteiger partial charge in [-0.05, 0) is 18.6 Å². The van der Waals surface area contributed by atoms with Gasteiger partial charge in [0.25, 0.3) is 0 Å². The van der Waals surface area contributed by atoms with Crippen molar-refractivity contribution in [3.05, 3.63) is 22.7 Å². The summed E-state index contributed by atoms with van der Waals surface area (Å²) in [7, 11) is 2.94. The molecule has 0 aliphatic carbocycles. The molecule has 0 aromatic heterocycles. The molecule has 0 saturated heterocycles. The summed E-state index contributed by atoms with van der Waals surface area (Å²) in [6.45, 7) is 1.69.